The van der Waals surface area contributed by atoms with Gasteiger partial charge in [-0.25, -0.2) is 4.39 Å². The summed E-state index contributed by atoms with van der Waals surface area (Å²) in [6.07, 6.45) is 3.51. The first-order chi connectivity index (χ1) is 8.20. The number of alkyl halides is 1. The zero-order valence-corrected chi connectivity index (χ0v) is 11.1. The van der Waals surface area contributed by atoms with Gasteiger partial charge in [-0.3, -0.25) is 4.98 Å². The molecule has 0 fully saturated rings. The van der Waals surface area contributed by atoms with E-state index in [1.54, 1.807) is 18.5 Å². The normalized spacial score (nSPS) is 14.3. The van der Waals surface area contributed by atoms with E-state index in [9.17, 15) is 4.39 Å². The van der Waals surface area contributed by atoms with E-state index in [1.807, 2.05) is 24.3 Å². The van der Waals surface area contributed by atoms with Gasteiger partial charge in [0.05, 0.1) is 0 Å². The van der Waals surface area contributed by atoms with Crippen molar-refractivity contribution in [2.24, 2.45) is 0 Å². The van der Waals surface area contributed by atoms with Gasteiger partial charge in [-0.15, -0.1) is 0 Å². The molecule has 2 unspecified atom stereocenters. The largest absolute Gasteiger partial charge is 0.265 e. The number of benzene rings is 1. The lowest BCUT2D eigenvalue weighted by Crippen LogP contribution is -2.04. The molecule has 0 aliphatic rings. The van der Waals surface area contributed by atoms with Gasteiger partial charge in [0.25, 0.3) is 0 Å². The van der Waals surface area contributed by atoms with E-state index in [1.165, 1.54) is 6.07 Å². The molecule has 0 aliphatic carbocycles. The fraction of sp³-hybridized carbons (Fsp3) is 0.214. The molecule has 0 aliphatic heterocycles. The maximum atomic E-state index is 13.7. The van der Waals surface area contributed by atoms with Gasteiger partial charge in [0.2, 0.25) is 0 Å². The van der Waals surface area contributed by atoms with E-state index in [2.05, 4.69) is 27.8 Å². The van der Waals surface area contributed by atoms with Crippen LogP contribution in [0.1, 0.15) is 28.8 Å². The van der Waals surface area contributed by atoms with Gasteiger partial charge in [0.1, 0.15) is 5.82 Å². The summed E-state index contributed by atoms with van der Waals surface area (Å²) in [4.78, 5) is 3.95. The minimum absolute atomic E-state index is 0.0360. The zero-order chi connectivity index (χ0) is 12.3. The van der Waals surface area contributed by atoms with Gasteiger partial charge in [-0.1, -0.05) is 41.1 Å². The molecule has 2 atom stereocenters. The molecule has 0 saturated carbocycles. The third-order valence-corrected chi connectivity index (χ3v) is 4.16. The summed E-state index contributed by atoms with van der Waals surface area (Å²) in [5.74, 6) is 0.0187. The predicted octanol–water partition coefficient (Wildman–Crippen LogP) is 4.46. The Balaban J connectivity index is 2.27. The molecule has 1 heterocycles. The van der Waals surface area contributed by atoms with E-state index in [0.29, 0.717) is 5.56 Å². The van der Waals surface area contributed by atoms with Crippen LogP contribution in [0.25, 0.3) is 0 Å². The Morgan fingerprint density at radius 3 is 2.41 bits per heavy atom. The first kappa shape index (κ1) is 12.2. The van der Waals surface area contributed by atoms with Gasteiger partial charge in [0.15, 0.2) is 0 Å². The van der Waals surface area contributed by atoms with Crippen LogP contribution in [0.5, 0.6) is 0 Å². The molecular formula is C14H13BrFN. The minimum atomic E-state index is -0.171. The molecule has 17 heavy (non-hydrogen) atoms. The highest BCUT2D eigenvalue weighted by molar-refractivity contribution is 9.09. The number of nitrogens with zero attached hydrogens (tertiary/aromatic N) is 1. The molecule has 0 bridgehead atoms. The Kier molecular flexibility index (Phi) is 3.89. The summed E-state index contributed by atoms with van der Waals surface area (Å²) in [6, 6.07) is 10.8. The predicted molar refractivity (Wildman–Crippen MR) is 70.7 cm³/mol. The van der Waals surface area contributed by atoms with E-state index >= 15 is 0 Å². The molecule has 2 aromatic rings. The summed E-state index contributed by atoms with van der Waals surface area (Å²) < 4.78 is 13.7. The molecule has 0 radical (unpaired) electrons. The molecule has 0 amide bonds. The van der Waals surface area contributed by atoms with Gasteiger partial charge in [0, 0.05) is 22.8 Å². The molecule has 1 aromatic carbocycles. The summed E-state index contributed by atoms with van der Waals surface area (Å²) >= 11 is 3.58. The second kappa shape index (κ2) is 5.41. The number of pyridine rings is 1. The van der Waals surface area contributed by atoms with Crippen LogP contribution >= 0.6 is 15.9 Å². The van der Waals surface area contributed by atoms with Crippen LogP contribution in [-0.2, 0) is 0 Å². The molecule has 88 valence electrons. The van der Waals surface area contributed by atoms with Crippen LogP contribution in [0.4, 0.5) is 4.39 Å². The van der Waals surface area contributed by atoms with Crippen LogP contribution in [0, 0.1) is 5.82 Å². The zero-order valence-electron chi connectivity index (χ0n) is 9.48. The molecule has 0 spiro atoms. The number of aromatic nitrogens is 1. The summed E-state index contributed by atoms with van der Waals surface area (Å²) in [6.45, 7) is 2.07. The second-order valence-electron chi connectivity index (χ2n) is 3.99. The highest BCUT2D eigenvalue weighted by Crippen LogP contribution is 2.38. The third kappa shape index (κ3) is 2.72. The number of rotatable bonds is 3. The van der Waals surface area contributed by atoms with E-state index in [-0.39, 0.29) is 16.6 Å². The first-order valence-corrected chi connectivity index (χ1v) is 6.40. The van der Waals surface area contributed by atoms with E-state index < -0.39 is 0 Å². The lowest BCUT2D eigenvalue weighted by atomic mass is 9.94. The molecule has 0 saturated heterocycles. The second-order valence-corrected chi connectivity index (χ2v) is 4.98. The van der Waals surface area contributed by atoms with Crippen LogP contribution in [0.3, 0.4) is 0 Å². The molecule has 1 aromatic heterocycles. The maximum Gasteiger partial charge on any atom is 0.127 e. The van der Waals surface area contributed by atoms with E-state index in [4.69, 9.17) is 0 Å². The van der Waals surface area contributed by atoms with Crippen molar-refractivity contribution in [2.75, 3.05) is 0 Å². The smallest absolute Gasteiger partial charge is 0.127 e. The van der Waals surface area contributed by atoms with Crippen molar-refractivity contribution in [1.29, 1.82) is 0 Å². The van der Waals surface area contributed by atoms with Gasteiger partial charge in [-0.05, 0) is 29.7 Å². The molecule has 3 heteroatoms. The Labute approximate surface area is 109 Å². The monoisotopic (exact) mass is 293 g/mol. The highest BCUT2D eigenvalue weighted by Gasteiger charge is 2.20. The Hall–Kier alpha value is -1.22. The van der Waals surface area contributed by atoms with Gasteiger partial charge in [-0.2, -0.15) is 0 Å². The summed E-state index contributed by atoms with van der Waals surface area (Å²) in [7, 11) is 0. The van der Waals surface area contributed by atoms with E-state index in [0.717, 1.165) is 5.56 Å². The number of hydrogen-bond donors (Lipinski definition) is 0. The summed E-state index contributed by atoms with van der Waals surface area (Å²) in [5.41, 5.74) is 1.84. The van der Waals surface area contributed by atoms with Crippen molar-refractivity contribution in [1.82, 2.24) is 4.98 Å². The topological polar surface area (TPSA) is 12.9 Å². The van der Waals surface area contributed by atoms with Crippen molar-refractivity contribution in [3.05, 3.63) is 65.7 Å². The highest BCUT2D eigenvalue weighted by atomic mass is 79.9. The first-order valence-electron chi connectivity index (χ1n) is 5.48. The number of halogens is 2. The number of hydrogen-bond acceptors (Lipinski definition) is 1. The Morgan fingerprint density at radius 1 is 1.12 bits per heavy atom. The standard InChI is InChI=1S/C14H13BrFN/c1-10(11-6-8-17-9-7-11)14(15)12-4-2-3-5-13(12)16/h2-10,14H,1H3. The molecule has 0 N–H and O–H groups in total. The van der Waals surface area contributed by atoms with Crippen molar-refractivity contribution in [3.8, 4) is 0 Å². The Morgan fingerprint density at radius 2 is 1.76 bits per heavy atom. The van der Waals surface area contributed by atoms with Crippen LogP contribution < -0.4 is 0 Å². The molecule has 2 rings (SSSR count). The fourth-order valence-corrected chi connectivity index (χ4v) is 2.48. The maximum absolute atomic E-state index is 13.7. The Bertz CT molecular complexity index is 487. The van der Waals surface area contributed by atoms with Gasteiger partial charge < -0.3 is 0 Å². The van der Waals surface area contributed by atoms with Crippen LogP contribution in [0.2, 0.25) is 0 Å². The molecule has 1 nitrogen and oxygen atoms in total. The van der Waals surface area contributed by atoms with Crippen molar-refractivity contribution < 1.29 is 4.39 Å². The lowest BCUT2D eigenvalue weighted by Gasteiger charge is -2.19. The van der Waals surface area contributed by atoms with Crippen molar-refractivity contribution >= 4 is 15.9 Å². The lowest BCUT2D eigenvalue weighted by molar-refractivity contribution is 0.596. The third-order valence-electron chi connectivity index (χ3n) is 2.87. The minimum Gasteiger partial charge on any atom is -0.265 e. The van der Waals surface area contributed by atoms with Crippen molar-refractivity contribution in [2.45, 2.75) is 17.7 Å². The summed E-state index contributed by atoms with van der Waals surface area (Å²) in [5, 5.41) is 0. The van der Waals surface area contributed by atoms with Crippen LogP contribution in [-0.4, -0.2) is 4.98 Å². The fourth-order valence-electron chi connectivity index (χ4n) is 1.80. The molecular weight excluding hydrogens is 281 g/mol. The van der Waals surface area contributed by atoms with Gasteiger partial charge >= 0.3 is 0 Å². The SMILES string of the molecule is CC(c1ccncc1)C(Br)c1ccccc1F. The average Bonchev–Trinajstić information content (AvgIpc) is 2.39. The average molecular weight is 294 g/mol. The quantitative estimate of drug-likeness (QED) is 0.762. The van der Waals surface area contributed by atoms with Crippen molar-refractivity contribution in [3.63, 3.8) is 0 Å². The van der Waals surface area contributed by atoms with Crippen LogP contribution in [0.15, 0.2) is 48.8 Å².